The number of amides is 1. The van der Waals surface area contributed by atoms with Crippen LogP contribution in [0.5, 0.6) is 0 Å². The Morgan fingerprint density at radius 3 is 2.95 bits per heavy atom. The highest BCUT2D eigenvalue weighted by atomic mass is 16.4. The second kappa shape index (κ2) is 4.92. The van der Waals surface area contributed by atoms with Crippen LogP contribution in [0.25, 0.3) is 10.8 Å². The van der Waals surface area contributed by atoms with Crippen LogP contribution >= 0.6 is 0 Å². The Morgan fingerprint density at radius 2 is 2.15 bits per heavy atom. The summed E-state index contributed by atoms with van der Waals surface area (Å²) in [5.41, 5.74) is 0.540. The Hall–Kier alpha value is -2.43. The summed E-state index contributed by atoms with van der Waals surface area (Å²) in [6, 6.07) is 6.50. The van der Waals surface area contributed by atoms with Crippen LogP contribution < -0.4 is 0 Å². The van der Waals surface area contributed by atoms with Crippen LogP contribution in [0.4, 0.5) is 0 Å². The topological polar surface area (TPSA) is 70.5 Å². The third kappa shape index (κ3) is 2.01. The molecule has 5 heteroatoms. The van der Waals surface area contributed by atoms with Crippen molar-refractivity contribution < 1.29 is 14.7 Å². The van der Waals surface area contributed by atoms with Crippen molar-refractivity contribution in [3.05, 3.63) is 42.2 Å². The third-order valence-corrected chi connectivity index (χ3v) is 3.71. The van der Waals surface area contributed by atoms with Gasteiger partial charge in [-0.1, -0.05) is 12.1 Å². The number of carbonyl (C=O) groups is 2. The molecule has 0 saturated carbocycles. The minimum atomic E-state index is -0.933. The monoisotopic (exact) mass is 270 g/mol. The maximum Gasteiger partial charge on any atom is 0.326 e. The van der Waals surface area contributed by atoms with Crippen molar-refractivity contribution in [2.24, 2.45) is 0 Å². The second-order valence-electron chi connectivity index (χ2n) is 4.90. The highest BCUT2D eigenvalue weighted by Gasteiger charge is 2.34. The van der Waals surface area contributed by atoms with Gasteiger partial charge in [0.25, 0.3) is 5.91 Å². The van der Waals surface area contributed by atoms with Crippen LogP contribution in [0.1, 0.15) is 23.2 Å². The number of nitrogens with zero attached hydrogens (tertiary/aromatic N) is 2. The van der Waals surface area contributed by atoms with E-state index in [1.54, 1.807) is 30.6 Å². The maximum atomic E-state index is 12.6. The molecule has 102 valence electrons. The number of carbonyl (C=O) groups excluding carboxylic acids is 1. The van der Waals surface area contributed by atoms with E-state index < -0.39 is 12.0 Å². The van der Waals surface area contributed by atoms with E-state index in [1.807, 2.05) is 6.07 Å². The zero-order valence-corrected chi connectivity index (χ0v) is 10.8. The molecule has 0 spiro atoms. The van der Waals surface area contributed by atoms with Crippen molar-refractivity contribution in [1.29, 1.82) is 0 Å². The van der Waals surface area contributed by atoms with E-state index in [2.05, 4.69) is 4.98 Å². The predicted molar refractivity (Wildman–Crippen MR) is 73.4 cm³/mol. The molecule has 1 aromatic heterocycles. The normalized spacial score (nSPS) is 18.4. The SMILES string of the molecule is O=C(O)[C@H]1CCCN1C(=O)c1cccc2cnccc12. The fourth-order valence-corrected chi connectivity index (χ4v) is 2.73. The zero-order valence-electron chi connectivity index (χ0n) is 10.8. The smallest absolute Gasteiger partial charge is 0.326 e. The van der Waals surface area contributed by atoms with Crippen LogP contribution in [0.2, 0.25) is 0 Å². The highest BCUT2D eigenvalue weighted by Crippen LogP contribution is 2.24. The molecule has 1 amide bonds. The molecule has 0 aliphatic carbocycles. The summed E-state index contributed by atoms with van der Waals surface area (Å²) in [6.45, 7) is 0.497. The minimum absolute atomic E-state index is 0.216. The number of aliphatic carboxylic acids is 1. The molecule has 5 nitrogen and oxygen atoms in total. The summed E-state index contributed by atoms with van der Waals surface area (Å²) in [6.07, 6.45) is 4.59. The maximum absolute atomic E-state index is 12.6. The van der Waals surface area contributed by atoms with Gasteiger partial charge in [-0.15, -0.1) is 0 Å². The largest absolute Gasteiger partial charge is 0.480 e. The lowest BCUT2D eigenvalue weighted by molar-refractivity contribution is -0.141. The molecule has 0 bridgehead atoms. The molecule has 1 aliphatic heterocycles. The Morgan fingerprint density at radius 1 is 1.30 bits per heavy atom. The van der Waals surface area contributed by atoms with E-state index in [0.717, 1.165) is 17.2 Å². The fourth-order valence-electron chi connectivity index (χ4n) is 2.73. The van der Waals surface area contributed by atoms with E-state index in [4.69, 9.17) is 0 Å². The minimum Gasteiger partial charge on any atom is -0.480 e. The van der Waals surface area contributed by atoms with E-state index in [-0.39, 0.29) is 5.91 Å². The lowest BCUT2D eigenvalue weighted by Gasteiger charge is -2.22. The number of carboxylic acid groups (broad SMARTS) is 1. The Labute approximate surface area is 115 Å². The quantitative estimate of drug-likeness (QED) is 0.905. The van der Waals surface area contributed by atoms with Gasteiger partial charge < -0.3 is 10.0 Å². The average Bonchev–Trinajstić information content (AvgIpc) is 2.95. The van der Waals surface area contributed by atoms with Gasteiger partial charge in [0.1, 0.15) is 6.04 Å². The van der Waals surface area contributed by atoms with Crippen molar-refractivity contribution in [2.45, 2.75) is 18.9 Å². The molecule has 2 aromatic rings. The van der Waals surface area contributed by atoms with Crippen molar-refractivity contribution >= 4 is 22.6 Å². The fraction of sp³-hybridized carbons (Fsp3) is 0.267. The highest BCUT2D eigenvalue weighted by molar-refractivity contribution is 6.07. The molecule has 1 N–H and O–H groups in total. The van der Waals surface area contributed by atoms with E-state index in [0.29, 0.717) is 18.5 Å². The number of benzene rings is 1. The predicted octanol–water partition coefficient (Wildman–Crippen LogP) is 1.92. The number of aromatic nitrogens is 1. The van der Waals surface area contributed by atoms with Crippen molar-refractivity contribution in [3.63, 3.8) is 0 Å². The number of hydrogen-bond donors (Lipinski definition) is 1. The van der Waals surface area contributed by atoms with Crippen molar-refractivity contribution in [2.75, 3.05) is 6.54 Å². The van der Waals surface area contributed by atoms with E-state index >= 15 is 0 Å². The van der Waals surface area contributed by atoms with Gasteiger partial charge in [-0.05, 0) is 30.4 Å². The number of pyridine rings is 1. The molecular weight excluding hydrogens is 256 g/mol. The summed E-state index contributed by atoms with van der Waals surface area (Å²) in [5.74, 6) is -1.15. The third-order valence-electron chi connectivity index (χ3n) is 3.71. The molecule has 0 unspecified atom stereocenters. The van der Waals surface area contributed by atoms with Crippen molar-refractivity contribution in [1.82, 2.24) is 9.88 Å². The Balaban J connectivity index is 2.03. The number of rotatable bonds is 2. The van der Waals surface area contributed by atoms with Gasteiger partial charge in [0, 0.05) is 29.9 Å². The molecular formula is C15H14N2O3. The molecule has 2 heterocycles. The first-order chi connectivity index (χ1) is 9.68. The first-order valence-corrected chi connectivity index (χ1v) is 6.55. The van der Waals surface area contributed by atoms with Crippen LogP contribution in [0.3, 0.4) is 0 Å². The van der Waals surface area contributed by atoms with Crippen molar-refractivity contribution in [3.8, 4) is 0 Å². The molecule has 1 atom stereocenters. The standard InChI is InChI=1S/C15H14N2O3/c18-14(17-8-2-5-13(17)15(19)20)12-4-1-3-10-9-16-7-6-11(10)12/h1,3-4,6-7,9,13H,2,5,8H2,(H,19,20)/t13-/m1/s1. The van der Waals surface area contributed by atoms with Crippen LogP contribution in [0, 0.1) is 0 Å². The van der Waals surface area contributed by atoms with Gasteiger partial charge in [-0.25, -0.2) is 4.79 Å². The lowest BCUT2D eigenvalue weighted by Crippen LogP contribution is -2.40. The number of hydrogen-bond acceptors (Lipinski definition) is 3. The molecule has 1 fully saturated rings. The summed E-state index contributed by atoms with van der Waals surface area (Å²) in [4.78, 5) is 29.3. The lowest BCUT2D eigenvalue weighted by atomic mass is 10.1. The van der Waals surface area contributed by atoms with E-state index in [1.165, 1.54) is 4.90 Å². The van der Waals surface area contributed by atoms with Gasteiger partial charge in [0.15, 0.2) is 0 Å². The number of fused-ring (bicyclic) bond motifs is 1. The second-order valence-corrected chi connectivity index (χ2v) is 4.90. The summed E-state index contributed by atoms with van der Waals surface area (Å²) < 4.78 is 0. The zero-order chi connectivity index (χ0) is 14.1. The molecule has 1 aromatic carbocycles. The van der Waals surface area contributed by atoms with Crippen LogP contribution in [-0.4, -0.2) is 39.5 Å². The summed E-state index contributed by atoms with van der Waals surface area (Å²) >= 11 is 0. The van der Waals surface area contributed by atoms with Crippen LogP contribution in [-0.2, 0) is 4.79 Å². The summed E-state index contributed by atoms with van der Waals surface area (Å²) in [7, 11) is 0. The molecule has 1 saturated heterocycles. The molecule has 3 rings (SSSR count). The Bertz CT molecular complexity index is 678. The first-order valence-electron chi connectivity index (χ1n) is 6.55. The van der Waals surface area contributed by atoms with Gasteiger partial charge >= 0.3 is 5.97 Å². The number of likely N-dealkylation sites (tertiary alicyclic amines) is 1. The average molecular weight is 270 g/mol. The van der Waals surface area contributed by atoms with Crippen LogP contribution in [0.15, 0.2) is 36.7 Å². The molecule has 20 heavy (non-hydrogen) atoms. The molecule has 1 aliphatic rings. The van der Waals surface area contributed by atoms with Gasteiger partial charge in [-0.2, -0.15) is 0 Å². The van der Waals surface area contributed by atoms with Gasteiger partial charge in [0.05, 0.1) is 0 Å². The van der Waals surface area contributed by atoms with Gasteiger partial charge in [-0.3, -0.25) is 9.78 Å². The number of carboxylic acids is 1. The van der Waals surface area contributed by atoms with Gasteiger partial charge in [0.2, 0.25) is 0 Å². The summed E-state index contributed by atoms with van der Waals surface area (Å²) in [5, 5.41) is 10.9. The molecule has 0 radical (unpaired) electrons. The first kappa shape index (κ1) is 12.6. The van der Waals surface area contributed by atoms with E-state index in [9.17, 15) is 14.7 Å². The Kier molecular flexibility index (Phi) is 3.10.